The minimum Gasteiger partial charge on any atom is -0.497 e. The molecule has 30 heavy (non-hydrogen) atoms. The standard InChI is InChI=1S/C19H16N4O6S/c1-28-12-5-6-13-16(10-12)30-18(20-13)21-17(24)3-2-8-22-14-7-4-11(23(26)27)9-15(14)29-19(22)25/h4-7,9-10H,2-3,8H2,1H3,(H,20,21,24). The summed E-state index contributed by atoms with van der Waals surface area (Å²) in [5, 5.41) is 14.1. The van der Waals surface area contributed by atoms with Gasteiger partial charge in [-0.1, -0.05) is 11.3 Å². The molecule has 11 heteroatoms. The quantitative estimate of drug-likeness (QED) is 0.352. The predicted molar refractivity (Wildman–Crippen MR) is 111 cm³/mol. The number of fused-ring (bicyclic) bond motifs is 2. The zero-order valence-electron chi connectivity index (χ0n) is 15.8. The van der Waals surface area contributed by atoms with Gasteiger partial charge in [0.15, 0.2) is 10.7 Å². The number of hydrogen-bond donors (Lipinski definition) is 1. The van der Waals surface area contributed by atoms with Crippen LogP contribution in [0.2, 0.25) is 0 Å². The SMILES string of the molecule is COc1ccc2nc(NC(=O)CCCn3c(=O)oc4cc([N+](=O)[O-])ccc43)sc2c1. The van der Waals surface area contributed by atoms with Crippen LogP contribution in [0.5, 0.6) is 5.75 Å². The Bertz CT molecular complexity index is 1320. The lowest BCUT2D eigenvalue weighted by Crippen LogP contribution is -2.17. The van der Waals surface area contributed by atoms with Crippen LogP contribution in [0.15, 0.2) is 45.6 Å². The molecule has 0 saturated carbocycles. The summed E-state index contributed by atoms with van der Waals surface area (Å²) in [5.41, 5.74) is 1.20. The van der Waals surface area contributed by atoms with Crippen LogP contribution in [0.1, 0.15) is 12.8 Å². The van der Waals surface area contributed by atoms with Crippen LogP contribution in [0.3, 0.4) is 0 Å². The van der Waals surface area contributed by atoms with Crippen molar-refractivity contribution in [3.05, 3.63) is 57.1 Å². The minimum atomic E-state index is -0.619. The van der Waals surface area contributed by atoms with Crippen LogP contribution in [0, 0.1) is 10.1 Å². The number of amides is 1. The second kappa shape index (κ2) is 7.95. The van der Waals surface area contributed by atoms with Gasteiger partial charge in [-0.3, -0.25) is 19.5 Å². The Balaban J connectivity index is 1.39. The van der Waals surface area contributed by atoms with E-state index in [4.69, 9.17) is 9.15 Å². The summed E-state index contributed by atoms with van der Waals surface area (Å²) < 4.78 is 12.5. The van der Waals surface area contributed by atoms with Gasteiger partial charge >= 0.3 is 5.76 Å². The lowest BCUT2D eigenvalue weighted by molar-refractivity contribution is -0.384. The molecular weight excluding hydrogens is 412 g/mol. The van der Waals surface area contributed by atoms with Crippen molar-refractivity contribution >= 4 is 49.4 Å². The average Bonchev–Trinajstić information content (AvgIpc) is 3.26. The van der Waals surface area contributed by atoms with Crippen LogP contribution in [0.25, 0.3) is 21.3 Å². The fourth-order valence-electron chi connectivity index (χ4n) is 3.05. The first-order valence-electron chi connectivity index (χ1n) is 8.97. The van der Waals surface area contributed by atoms with Gasteiger partial charge in [-0.2, -0.15) is 0 Å². The molecule has 10 nitrogen and oxygen atoms in total. The Labute approximate surface area is 172 Å². The average molecular weight is 428 g/mol. The highest BCUT2D eigenvalue weighted by Gasteiger charge is 2.15. The van der Waals surface area contributed by atoms with Gasteiger partial charge in [0.1, 0.15) is 5.75 Å². The van der Waals surface area contributed by atoms with E-state index in [9.17, 15) is 19.7 Å². The number of aromatic nitrogens is 2. The molecule has 154 valence electrons. The number of nitrogens with zero attached hydrogens (tertiary/aromatic N) is 3. The summed E-state index contributed by atoms with van der Waals surface area (Å²) in [6.45, 7) is 0.244. The molecule has 1 amide bonds. The summed E-state index contributed by atoms with van der Waals surface area (Å²) in [6, 6.07) is 9.46. The van der Waals surface area contributed by atoms with E-state index in [1.165, 1.54) is 34.1 Å². The summed E-state index contributed by atoms with van der Waals surface area (Å²) in [7, 11) is 1.58. The number of carbonyl (C=O) groups excluding carboxylic acids is 1. The number of benzene rings is 2. The number of hydrogen-bond acceptors (Lipinski definition) is 8. The van der Waals surface area contributed by atoms with Crippen molar-refractivity contribution in [2.75, 3.05) is 12.4 Å². The number of nitrogens with one attached hydrogen (secondary N) is 1. The Morgan fingerprint density at radius 3 is 2.93 bits per heavy atom. The van der Waals surface area contributed by atoms with Gasteiger partial charge in [0.25, 0.3) is 5.69 Å². The highest BCUT2D eigenvalue weighted by atomic mass is 32.1. The van der Waals surface area contributed by atoms with Crippen molar-refractivity contribution in [3.63, 3.8) is 0 Å². The second-order valence-electron chi connectivity index (χ2n) is 6.43. The maximum Gasteiger partial charge on any atom is 0.419 e. The Morgan fingerprint density at radius 2 is 2.17 bits per heavy atom. The van der Waals surface area contributed by atoms with Crippen LogP contribution in [-0.4, -0.2) is 27.5 Å². The number of thiazole rings is 1. The maximum atomic E-state index is 12.3. The summed E-state index contributed by atoms with van der Waals surface area (Å²) >= 11 is 1.35. The largest absolute Gasteiger partial charge is 0.497 e. The fraction of sp³-hybridized carbons (Fsp3) is 0.211. The van der Waals surface area contributed by atoms with Gasteiger partial charge in [-0.05, 0) is 30.7 Å². The second-order valence-corrected chi connectivity index (χ2v) is 7.46. The molecule has 4 rings (SSSR count). The van der Waals surface area contributed by atoms with Crippen LogP contribution in [0.4, 0.5) is 10.8 Å². The van der Waals surface area contributed by atoms with Crippen LogP contribution in [-0.2, 0) is 11.3 Å². The Morgan fingerprint density at radius 1 is 1.33 bits per heavy atom. The molecule has 0 unspecified atom stereocenters. The van der Waals surface area contributed by atoms with Crippen molar-refractivity contribution in [2.45, 2.75) is 19.4 Å². The highest BCUT2D eigenvalue weighted by Crippen LogP contribution is 2.29. The molecule has 0 fully saturated rings. The molecule has 0 radical (unpaired) electrons. The summed E-state index contributed by atoms with van der Waals surface area (Å²) in [6.07, 6.45) is 0.557. The van der Waals surface area contributed by atoms with Gasteiger partial charge in [0, 0.05) is 19.0 Å². The lowest BCUT2D eigenvalue weighted by Gasteiger charge is -2.03. The van der Waals surface area contributed by atoms with Gasteiger partial charge < -0.3 is 14.5 Å². The number of ether oxygens (including phenoxy) is 1. The number of nitro benzene ring substituents is 1. The maximum absolute atomic E-state index is 12.3. The zero-order chi connectivity index (χ0) is 21.3. The number of carbonyl (C=O) groups is 1. The van der Waals surface area contributed by atoms with E-state index in [0.29, 0.717) is 22.8 Å². The van der Waals surface area contributed by atoms with Gasteiger partial charge in [-0.15, -0.1) is 0 Å². The summed E-state index contributed by atoms with van der Waals surface area (Å²) in [4.78, 5) is 39.0. The van der Waals surface area contributed by atoms with Crippen molar-refractivity contribution < 1.29 is 18.9 Å². The molecular formula is C19H16N4O6S. The number of aryl methyl sites for hydroxylation is 1. The third kappa shape index (κ3) is 3.87. The molecule has 0 aliphatic rings. The van der Waals surface area contributed by atoms with Crippen molar-refractivity contribution in [2.24, 2.45) is 0 Å². The lowest BCUT2D eigenvalue weighted by atomic mass is 10.2. The minimum absolute atomic E-state index is 0.142. The van der Waals surface area contributed by atoms with E-state index in [1.807, 2.05) is 12.1 Å². The molecule has 0 bridgehead atoms. The molecule has 0 saturated heterocycles. The first kappa shape index (κ1) is 19.6. The molecule has 0 aliphatic carbocycles. The number of non-ortho nitro benzene ring substituents is 1. The normalized spacial score (nSPS) is 11.1. The van der Waals surface area contributed by atoms with Gasteiger partial charge in [0.05, 0.1) is 33.8 Å². The van der Waals surface area contributed by atoms with Crippen LogP contribution < -0.4 is 15.8 Å². The van der Waals surface area contributed by atoms with Gasteiger partial charge in [-0.25, -0.2) is 9.78 Å². The molecule has 2 aromatic carbocycles. The molecule has 0 aliphatic heterocycles. The Hall–Kier alpha value is -3.73. The van der Waals surface area contributed by atoms with E-state index in [-0.39, 0.29) is 30.1 Å². The Kier molecular flexibility index (Phi) is 5.19. The molecule has 4 aromatic rings. The van der Waals surface area contributed by atoms with E-state index in [1.54, 1.807) is 13.2 Å². The van der Waals surface area contributed by atoms with Gasteiger partial charge in [0.2, 0.25) is 5.91 Å². The van der Waals surface area contributed by atoms with E-state index < -0.39 is 10.7 Å². The first-order chi connectivity index (χ1) is 14.4. The van der Waals surface area contributed by atoms with Crippen LogP contribution >= 0.6 is 11.3 Å². The monoisotopic (exact) mass is 428 g/mol. The first-order valence-corrected chi connectivity index (χ1v) is 9.78. The smallest absolute Gasteiger partial charge is 0.419 e. The predicted octanol–water partition coefficient (Wildman–Crippen LogP) is 3.54. The van der Waals surface area contributed by atoms with Crippen molar-refractivity contribution in [1.82, 2.24) is 9.55 Å². The molecule has 0 atom stereocenters. The van der Waals surface area contributed by atoms with E-state index in [0.717, 1.165) is 10.2 Å². The van der Waals surface area contributed by atoms with Crippen molar-refractivity contribution in [1.29, 1.82) is 0 Å². The van der Waals surface area contributed by atoms with Crippen molar-refractivity contribution in [3.8, 4) is 5.75 Å². The molecule has 0 spiro atoms. The number of nitro groups is 1. The molecule has 2 aromatic heterocycles. The van der Waals surface area contributed by atoms with E-state index >= 15 is 0 Å². The highest BCUT2D eigenvalue weighted by molar-refractivity contribution is 7.22. The summed E-state index contributed by atoms with van der Waals surface area (Å²) in [5.74, 6) is -0.129. The topological polar surface area (TPSA) is 130 Å². The third-order valence-corrected chi connectivity index (χ3v) is 5.42. The number of oxazole rings is 1. The number of methoxy groups -OCH3 is 1. The molecule has 1 N–H and O–H groups in total. The van der Waals surface area contributed by atoms with E-state index in [2.05, 4.69) is 10.3 Å². The number of anilines is 1. The number of rotatable bonds is 7. The third-order valence-electron chi connectivity index (χ3n) is 4.49. The molecule has 2 heterocycles. The fourth-order valence-corrected chi connectivity index (χ4v) is 3.96. The zero-order valence-corrected chi connectivity index (χ0v) is 16.6.